The van der Waals surface area contributed by atoms with Crippen LogP contribution in [0.25, 0.3) is 0 Å². The number of amides is 1. The number of benzene rings is 2. The fourth-order valence-corrected chi connectivity index (χ4v) is 6.86. The van der Waals surface area contributed by atoms with Crippen LogP contribution in [0, 0.1) is 0 Å². The second-order valence-electron chi connectivity index (χ2n) is 9.37. The minimum atomic E-state index is -5.91. The van der Waals surface area contributed by atoms with Crippen LogP contribution in [0.15, 0.2) is 63.2 Å². The van der Waals surface area contributed by atoms with Gasteiger partial charge in [-0.05, 0) is 49.6 Å². The van der Waals surface area contributed by atoms with E-state index in [1.54, 1.807) is 0 Å². The Morgan fingerprint density at radius 2 is 1.77 bits per heavy atom. The van der Waals surface area contributed by atoms with Crippen molar-refractivity contribution in [2.45, 2.75) is 51.5 Å². The molecule has 1 aliphatic heterocycles. The first-order chi connectivity index (χ1) is 18.6. The molecule has 0 aromatic heterocycles. The molecule has 0 aliphatic carbocycles. The maximum atomic E-state index is 13.5. The van der Waals surface area contributed by atoms with E-state index in [4.69, 9.17) is 5.14 Å². The fraction of sp³-hybridized carbons (Fsp3) is 0.458. The Hall–Kier alpha value is -2.53. The Morgan fingerprint density at radius 1 is 1.15 bits per heavy atom. The number of thioether (sulfide) groups is 1. The lowest BCUT2D eigenvalue weighted by atomic mass is 10.0. The lowest BCUT2D eigenvalue weighted by molar-refractivity contribution is -0.0435. The molecule has 1 aliphatic rings. The smallest absolute Gasteiger partial charge is 0.465 e. The molecule has 3 rings (SSSR count). The first kappa shape index (κ1) is 32.0. The lowest BCUT2D eigenvalue weighted by Crippen LogP contribution is -2.46. The van der Waals surface area contributed by atoms with Gasteiger partial charge in [0.15, 0.2) is 0 Å². The number of anilines is 1. The lowest BCUT2D eigenvalue weighted by Gasteiger charge is -2.36. The Morgan fingerprint density at radius 3 is 2.33 bits per heavy atom. The van der Waals surface area contributed by atoms with Gasteiger partial charge in [-0.2, -0.15) is 13.2 Å². The number of carbonyl (C=O) groups is 1. The van der Waals surface area contributed by atoms with Gasteiger partial charge in [-0.15, -0.1) is 11.8 Å². The standard InChI is InChI=1S/C24H31F3N4O6S3/c1-30(23(32)33)18-10-13-31(14-11-18)12-9-17(16-38-19-5-3-2-4-6-19)29-21-8-7-20(40(28,36)37)15-22(21)39(34,35)24(25,26)27/h2-8,15,17-18,29H,9-14,16H2,1H3,(H,32,33)(H2,28,36,37)/t17-/m1/s1. The molecule has 0 radical (unpaired) electrons. The zero-order valence-corrected chi connectivity index (χ0v) is 24.0. The zero-order chi connectivity index (χ0) is 29.7. The average molecular weight is 625 g/mol. The summed E-state index contributed by atoms with van der Waals surface area (Å²) in [6, 6.07) is 11.0. The van der Waals surface area contributed by atoms with E-state index < -0.39 is 47.3 Å². The molecule has 4 N–H and O–H groups in total. The monoisotopic (exact) mass is 624 g/mol. The molecule has 2 aromatic carbocycles. The predicted molar refractivity (Wildman–Crippen MR) is 145 cm³/mol. The van der Waals surface area contributed by atoms with E-state index in [-0.39, 0.29) is 11.7 Å². The van der Waals surface area contributed by atoms with Crippen molar-refractivity contribution in [1.82, 2.24) is 9.80 Å². The number of rotatable bonds is 11. The van der Waals surface area contributed by atoms with E-state index in [0.717, 1.165) is 17.0 Å². The number of nitrogens with one attached hydrogen (secondary N) is 1. The van der Waals surface area contributed by atoms with E-state index in [1.165, 1.54) is 23.7 Å². The van der Waals surface area contributed by atoms with E-state index in [0.29, 0.717) is 50.7 Å². The maximum Gasteiger partial charge on any atom is 0.501 e. The second-order valence-corrected chi connectivity index (χ2v) is 13.9. The number of piperidine rings is 1. The predicted octanol–water partition coefficient (Wildman–Crippen LogP) is 3.66. The van der Waals surface area contributed by atoms with Crippen LogP contribution in [0.4, 0.5) is 23.7 Å². The highest BCUT2D eigenvalue weighted by molar-refractivity contribution is 7.99. The van der Waals surface area contributed by atoms with Crippen molar-refractivity contribution < 1.29 is 39.9 Å². The first-order valence-corrected chi connectivity index (χ1v) is 16.2. The summed E-state index contributed by atoms with van der Waals surface area (Å²) in [5, 5.41) is 17.2. The zero-order valence-electron chi connectivity index (χ0n) is 21.5. The van der Waals surface area contributed by atoms with Crippen molar-refractivity contribution in [1.29, 1.82) is 0 Å². The molecule has 1 saturated heterocycles. The number of carboxylic acid groups (broad SMARTS) is 1. The Kier molecular flexibility index (Phi) is 10.4. The summed E-state index contributed by atoms with van der Waals surface area (Å²) in [5.74, 6) is 0.366. The van der Waals surface area contributed by atoms with Gasteiger partial charge in [0.25, 0.3) is 9.84 Å². The number of nitrogens with zero attached hydrogens (tertiary/aromatic N) is 2. The molecule has 1 amide bonds. The number of likely N-dealkylation sites (tertiary alicyclic amines) is 1. The Balaban J connectivity index is 1.84. The topological polar surface area (TPSA) is 150 Å². The first-order valence-electron chi connectivity index (χ1n) is 12.2. The molecule has 1 heterocycles. The van der Waals surface area contributed by atoms with Crippen LogP contribution in [0.5, 0.6) is 0 Å². The van der Waals surface area contributed by atoms with Crippen LogP contribution in [-0.2, 0) is 19.9 Å². The molecule has 2 aromatic rings. The highest BCUT2D eigenvalue weighted by Gasteiger charge is 2.48. The number of sulfone groups is 1. The van der Waals surface area contributed by atoms with Crippen molar-refractivity contribution >= 4 is 43.4 Å². The number of hydrogen-bond acceptors (Lipinski definition) is 8. The van der Waals surface area contributed by atoms with E-state index in [2.05, 4.69) is 10.2 Å². The van der Waals surface area contributed by atoms with Crippen molar-refractivity contribution in [2.24, 2.45) is 5.14 Å². The maximum absolute atomic E-state index is 13.5. The van der Waals surface area contributed by atoms with Crippen LogP contribution >= 0.6 is 11.8 Å². The summed E-state index contributed by atoms with van der Waals surface area (Å²) >= 11 is 1.43. The van der Waals surface area contributed by atoms with Crippen molar-refractivity contribution in [3.63, 3.8) is 0 Å². The minimum absolute atomic E-state index is 0.108. The summed E-state index contributed by atoms with van der Waals surface area (Å²) in [4.78, 5) is 13.6. The van der Waals surface area contributed by atoms with Gasteiger partial charge in [-0.3, -0.25) is 0 Å². The quantitative estimate of drug-likeness (QED) is 0.318. The summed E-state index contributed by atoms with van der Waals surface area (Å²) in [7, 11) is -8.86. The Bertz CT molecular complexity index is 1380. The molecule has 0 saturated carbocycles. The van der Waals surface area contributed by atoms with Gasteiger partial charge in [0.1, 0.15) is 4.90 Å². The third kappa shape index (κ3) is 8.25. The molecule has 0 spiro atoms. The summed E-state index contributed by atoms with van der Waals surface area (Å²) < 4.78 is 88.9. The summed E-state index contributed by atoms with van der Waals surface area (Å²) in [6.07, 6.45) is 0.672. The minimum Gasteiger partial charge on any atom is -0.465 e. The van der Waals surface area contributed by atoms with Crippen molar-refractivity contribution in [2.75, 3.05) is 37.8 Å². The van der Waals surface area contributed by atoms with Crippen LogP contribution in [-0.4, -0.2) is 87.9 Å². The van der Waals surface area contributed by atoms with E-state index in [9.17, 15) is 39.9 Å². The molecule has 1 atom stereocenters. The number of nitrogens with two attached hydrogens (primary N) is 1. The van der Waals surface area contributed by atoms with Crippen LogP contribution in [0.2, 0.25) is 0 Å². The van der Waals surface area contributed by atoms with Gasteiger partial charge in [0.2, 0.25) is 10.0 Å². The second kappa shape index (κ2) is 13.0. The molecular formula is C24H31F3N4O6S3. The third-order valence-corrected chi connectivity index (χ3v) is 10.2. The van der Waals surface area contributed by atoms with Gasteiger partial charge in [0, 0.05) is 49.4 Å². The number of hydrogen-bond donors (Lipinski definition) is 3. The van der Waals surface area contributed by atoms with Gasteiger partial charge >= 0.3 is 11.6 Å². The molecule has 10 nitrogen and oxygen atoms in total. The number of alkyl halides is 3. The van der Waals surface area contributed by atoms with E-state index >= 15 is 0 Å². The molecule has 1 fully saturated rings. The van der Waals surface area contributed by atoms with Gasteiger partial charge in [-0.25, -0.2) is 26.8 Å². The molecule has 16 heteroatoms. The number of sulfonamides is 1. The Labute approximate surface area is 235 Å². The fourth-order valence-electron chi connectivity index (χ4n) is 4.30. The van der Waals surface area contributed by atoms with Crippen LogP contribution < -0.4 is 10.5 Å². The summed E-state index contributed by atoms with van der Waals surface area (Å²) in [6.45, 7) is 1.77. The average Bonchev–Trinajstić information content (AvgIpc) is 2.89. The normalized spacial score (nSPS) is 16.4. The largest absolute Gasteiger partial charge is 0.501 e. The van der Waals surface area contributed by atoms with Crippen molar-refractivity contribution in [3.05, 3.63) is 48.5 Å². The molecule has 40 heavy (non-hydrogen) atoms. The molecule has 222 valence electrons. The SMILES string of the molecule is CN(C(=O)O)C1CCN(CC[C@H](CSc2ccccc2)Nc2ccc(S(N)(=O)=O)cc2S(=O)(=O)C(F)(F)F)CC1. The van der Waals surface area contributed by atoms with Crippen LogP contribution in [0.3, 0.4) is 0 Å². The van der Waals surface area contributed by atoms with Gasteiger partial charge in [0.05, 0.1) is 10.6 Å². The third-order valence-electron chi connectivity index (χ3n) is 6.63. The molecule has 0 bridgehead atoms. The number of halogens is 3. The molecular weight excluding hydrogens is 593 g/mol. The summed E-state index contributed by atoms with van der Waals surface area (Å²) in [5.41, 5.74) is -6.05. The highest BCUT2D eigenvalue weighted by Crippen LogP contribution is 2.36. The highest BCUT2D eigenvalue weighted by atomic mass is 32.2. The van der Waals surface area contributed by atoms with Gasteiger partial charge < -0.3 is 20.2 Å². The van der Waals surface area contributed by atoms with E-state index in [1.807, 2.05) is 30.3 Å². The van der Waals surface area contributed by atoms with Crippen LogP contribution in [0.1, 0.15) is 19.3 Å². The molecule has 0 unspecified atom stereocenters. The number of primary sulfonamides is 1. The van der Waals surface area contributed by atoms with Crippen molar-refractivity contribution in [3.8, 4) is 0 Å². The van der Waals surface area contributed by atoms with Gasteiger partial charge in [-0.1, -0.05) is 18.2 Å².